The van der Waals surface area contributed by atoms with Crippen LogP contribution in [0.1, 0.15) is 109 Å². The summed E-state index contributed by atoms with van der Waals surface area (Å²) in [4.78, 5) is 14.6. The number of aromatic nitrogens is 1. The van der Waals surface area contributed by atoms with Crippen LogP contribution < -0.4 is 4.74 Å². The lowest BCUT2D eigenvalue weighted by Gasteiger charge is -2.33. The van der Waals surface area contributed by atoms with Crippen molar-refractivity contribution in [2.24, 2.45) is 0 Å². The summed E-state index contributed by atoms with van der Waals surface area (Å²) >= 11 is 0. The zero-order chi connectivity index (χ0) is 32.6. The van der Waals surface area contributed by atoms with Crippen LogP contribution in [0, 0.1) is 0 Å². The Bertz CT molecular complexity index is 1600. The smallest absolute Gasteiger partial charge is 0.410 e. The van der Waals surface area contributed by atoms with E-state index in [9.17, 15) is 4.79 Å². The molecule has 0 saturated carbocycles. The second-order valence-electron chi connectivity index (χ2n) is 15.8. The minimum atomic E-state index is -0.484. The van der Waals surface area contributed by atoms with Gasteiger partial charge < -0.3 is 18.9 Å². The van der Waals surface area contributed by atoms with Crippen molar-refractivity contribution < 1.29 is 14.3 Å². The number of hydrogen-bond acceptors (Lipinski definition) is 3. The number of amides is 1. The summed E-state index contributed by atoms with van der Waals surface area (Å²) in [5.41, 5.74) is 7.41. The number of hydrogen-bond donors (Lipinski definition) is 0. The third-order valence-corrected chi connectivity index (χ3v) is 8.87. The van der Waals surface area contributed by atoms with Gasteiger partial charge in [-0.1, -0.05) is 90.1 Å². The second kappa shape index (κ2) is 12.6. The highest BCUT2D eigenvalue weighted by Gasteiger charge is 2.29. The van der Waals surface area contributed by atoms with E-state index < -0.39 is 5.60 Å². The lowest BCUT2D eigenvalue weighted by Crippen LogP contribution is -2.41. The summed E-state index contributed by atoms with van der Waals surface area (Å²) in [5, 5.41) is 1.26. The zero-order valence-electron chi connectivity index (χ0n) is 28.9. The first kappa shape index (κ1) is 32.7. The molecule has 240 valence electrons. The first-order valence-corrected chi connectivity index (χ1v) is 16.5. The summed E-state index contributed by atoms with van der Waals surface area (Å²) in [7, 11) is 0. The van der Waals surface area contributed by atoms with Gasteiger partial charge in [0, 0.05) is 37.3 Å². The van der Waals surface area contributed by atoms with Crippen molar-refractivity contribution in [2.45, 2.75) is 111 Å². The highest BCUT2D eigenvalue weighted by atomic mass is 16.6. The Hall–Kier alpha value is -3.73. The van der Waals surface area contributed by atoms with Gasteiger partial charge >= 0.3 is 6.09 Å². The van der Waals surface area contributed by atoms with Crippen LogP contribution in [0.4, 0.5) is 4.79 Å². The van der Waals surface area contributed by atoms with E-state index >= 15 is 0 Å². The Morgan fingerprint density at radius 1 is 0.756 bits per heavy atom. The Kier molecular flexibility index (Phi) is 9.13. The topological polar surface area (TPSA) is 43.7 Å². The maximum Gasteiger partial charge on any atom is 0.410 e. The van der Waals surface area contributed by atoms with Crippen LogP contribution in [0.5, 0.6) is 5.75 Å². The van der Waals surface area contributed by atoms with Crippen LogP contribution in [0.25, 0.3) is 10.9 Å². The monoisotopic (exact) mass is 608 g/mol. The number of nitrogens with zero attached hydrogens (tertiary/aromatic N) is 2. The molecule has 1 aliphatic rings. The number of carbonyl (C=O) groups is 1. The molecule has 3 aromatic carbocycles. The Morgan fingerprint density at radius 3 is 1.84 bits per heavy atom. The summed E-state index contributed by atoms with van der Waals surface area (Å²) in [5.74, 6) is 1.25. The molecule has 0 unspecified atom stereocenters. The Morgan fingerprint density at radius 2 is 1.31 bits per heavy atom. The van der Waals surface area contributed by atoms with Crippen molar-refractivity contribution in [1.82, 2.24) is 9.47 Å². The molecule has 2 heterocycles. The molecule has 0 atom stereocenters. The average molecular weight is 609 g/mol. The lowest BCUT2D eigenvalue weighted by atomic mass is 9.87. The molecule has 0 bridgehead atoms. The van der Waals surface area contributed by atoms with Gasteiger partial charge in [-0.25, -0.2) is 4.79 Å². The van der Waals surface area contributed by atoms with Crippen LogP contribution in [-0.4, -0.2) is 34.3 Å². The summed E-state index contributed by atoms with van der Waals surface area (Å²) in [6.45, 7) is 22.0. The van der Waals surface area contributed by atoms with Crippen LogP contribution in [0.2, 0.25) is 0 Å². The number of piperidine rings is 1. The molecule has 45 heavy (non-hydrogen) atoms. The second-order valence-corrected chi connectivity index (χ2v) is 15.8. The van der Waals surface area contributed by atoms with Crippen LogP contribution in [0.15, 0.2) is 72.9 Å². The fourth-order valence-electron chi connectivity index (χ4n) is 6.12. The minimum Gasteiger partial charge on any atom is -0.489 e. The van der Waals surface area contributed by atoms with Crippen LogP contribution in [0.3, 0.4) is 0 Å². The summed E-state index contributed by atoms with van der Waals surface area (Å²) < 4.78 is 14.4. The third-order valence-electron chi connectivity index (χ3n) is 8.87. The molecule has 4 aromatic rings. The van der Waals surface area contributed by atoms with Crippen molar-refractivity contribution in [1.29, 1.82) is 0 Å². The first-order valence-electron chi connectivity index (χ1n) is 16.5. The van der Waals surface area contributed by atoms with Crippen LogP contribution >= 0.6 is 0 Å². The van der Waals surface area contributed by atoms with Gasteiger partial charge in [-0.3, -0.25) is 0 Å². The molecule has 5 rings (SSSR count). The first-order chi connectivity index (χ1) is 21.1. The van der Waals surface area contributed by atoms with E-state index in [4.69, 9.17) is 9.47 Å². The Balaban J connectivity index is 1.39. The van der Waals surface area contributed by atoms with Crippen molar-refractivity contribution >= 4 is 17.0 Å². The molecule has 5 heteroatoms. The molecular weight excluding hydrogens is 556 g/mol. The largest absolute Gasteiger partial charge is 0.489 e. The molecule has 0 spiro atoms. The molecule has 1 fully saturated rings. The van der Waals surface area contributed by atoms with Gasteiger partial charge in [-0.2, -0.15) is 0 Å². The molecule has 1 saturated heterocycles. The number of fused-ring (bicyclic) bond motifs is 1. The van der Waals surface area contributed by atoms with Gasteiger partial charge in [-0.05, 0) is 90.3 Å². The molecule has 1 amide bonds. The zero-order valence-corrected chi connectivity index (χ0v) is 28.9. The summed E-state index contributed by atoms with van der Waals surface area (Å²) in [6, 6.07) is 24.3. The molecule has 0 radical (unpaired) electrons. The van der Waals surface area contributed by atoms with E-state index in [-0.39, 0.29) is 16.9 Å². The van der Waals surface area contributed by atoms with Gasteiger partial charge in [0.2, 0.25) is 0 Å². The van der Waals surface area contributed by atoms with Crippen molar-refractivity contribution in [3.63, 3.8) is 0 Å². The van der Waals surface area contributed by atoms with E-state index in [0.29, 0.717) is 25.6 Å². The van der Waals surface area contributed by atoms with E-state index in [1.165, 1.54) is 33.2 Å². The van der Waals surface area contributed by atoms with Gasteiger partial charge in [-0.15, -0.1) is 0 Å². The standard InChI is InChI=1S/C40H52N2O3/c1-38(2,3)31-14-10-28(11-15-31)25-42-26-35(30-20-22-41(23-21-30)37(43)45-40(7,8)9)34-19-18-33(24-36(34)42)44-27-29-12-16-32(17-13-29)39(4,5)6/h10-19,24,26,30H,20-23,25,27H2,1-9H3. The maximum atomic E-state index is 12.7. The average Bonchev–Trinajstić information content (AvgIpc) is 3.32. The molecule has 0 N–H and O–H groups in total. The number of carbonyl (C=O) groups excluding carboxylic acids is 1. The van der Waals surface area contributed by atoms with E-state index in [1.807, 2.05) is 25.7 Å². The van der Waals surface area contributed by atoms with Crippen molar-refractivity contribution in [3.05, 3.63) is 101 Å². The van der Waals surface area contributed by atoms with E-state index in [1.54, 1.807) is 0 Å². The van der Waals surface area contributed by atoms with E-state index in [2.05, 4.69) is 119 Å². The fraction of sp³-hybridized carbons (Fsp3) is 0.475. The fourth-order valence-corrected chi connectivity index (χ4v) is 6.12. The maximum absolute atomic E-state index is 12.7. The number of rotatable bonds is 6. The number of ether oxygens (including phenoxy) is 2. The number of benzene rings is 3. The molecule has 5 nitrogen and oxygen atoms in total. The van der Waals surface area contributed by atoms with Gasteiger partial charge in [0.05, 0.1) is 5.52 Å². The molecule has 1 aliphatic heterocycles. The number of likely N-dealkylation sites (tertiary alicyclic amines) is 1. The normalized spacial score (nSPS) is 15.0. The predicted octanol–water partition coefficient (Wildman–Crippen LogP) is 9.98. The highest BCUT2D eigenvalue weighted by molar-refractivity contribution is 5.86. The van der Waals surface area contributed by atoms with Gasteiger partial charge in [0.25, 0.3) is 0 Å². The third kappa shape index (κ3) is 8.11. The van der Waals surface area contributed by atoms with Crippen molar-refractivity contribution in [3.8, 4) is 5.75 Å². The predicted molar refractivity (Wildman–Crippen MR) is 185 cm³/mol. The highest BCUT2D eigenvalue weighted by Crippen LogP contribution is 2.37. The van der Waals surface area contributed by atoms with Crippen molar-refractivity contribution in [2.75, 3.05) is 13.1 Å². The summed E-state index contributed by atoms with van der Waals surface area (Å²) in [6.07, 6.45) is 3.96. The van der Waals surface area contributed by atoms with Gasteiger partial charge in [0.1, 0.15) is 18.0 Å². The molecule has 1 aromatic heterocycles. The molecule has 0 aliphatic carbocycles. The molecular formula is C40H52N2O3. The minimum absolute atomic E-state index is 0.124. The van der Waals surface area contributed by atoms with Crippen LogP contribution in [-0.2, 0) is 28.7 Å². The van der Waals surface area contributed by atoms with Gasteiger partial charge in [0.15, 0.2) is 0 Å². The quantitative estimate of drug-likeness (QED) is 0.219. The Labute approximate surface area is 270 Å². The SMILES string of the molecule is CC(C)(C)OC(=O)N1CCC(c2cn(Cc3ccc(C(C)(C)C)cc3)c3cc(OCc4ccc(C(C)(C)C)cc4)ccc23)CC1. The lowest BCUT2D eigenvalue weighted by molar-refractivity contribution is 0.0205. The van der Waals surface area contributed by atoms with E-state index in [0.717, 1.165) is 30.7 Å².